The van der Waals surface area contributed by atoms with Gasteiger partial charge in [-0.05, 0) is 31.9 Å². The Kier molecular flexibility index (Phi) is 5.84. The molecule has 3 unspecified atom stereocenters. The molecule has 2 saturated heterocycles. The molecule has 4 nitrogen and oxygen atoms in total. The summed E-state index contributed by atoms with van der Waals surface area (Å²) >= 11 is 0. The van der Waals surface area contributed by atoms with Crippen LogP contribution in [0.15, 0.2) is 30.3 Å². The third-order valence-corrected chi connectivity index (χ3v) is 5.20. The maximum atomic E-state index is 12.9. The molecule has 1 amide bonds. The summed E-state index contributed by atoms with van der Waals surface area (Å²) in [5.41, 5.74) is 6.93. The highest BCUT2D eigenvalue weighted by atomic mass is 35.5. The van der Waals surface area contributed by atoms with Crippen LogP contribution in [0.1, 0.15) is 30.7 Å². The highest BCUT2D eigenvalue weighted by Gasteiger charge is 2.37. The fourth-order valence-corrected chi connectivity index (χ4v) is 3.79. The van der Waals surface area contributed by atoms with Gasteiger partial charge < -0.3 is 10.6 Å². The zero-order chi connectivity index (χ0) is 14.8. The number of amides is 1. The first-order valence-electron chi connectivity index (χ1n) is 7.96. The zero-order valence-electron chi connectivity index (χ0n) is 13.1. The number of halogens is 1. The number of likely N-dealkylation sites (tertiary alicyclic amines) is 1. The first-order chi connectivity index (χ1) is 10.2. The molecule has 0 spiro atoms. The average molecular weight is 324 g/mol. The Morgan fingerprint density at radius 2 is 1.91 bits per heavy atom. The van der Waals surface area contributed by atoms with Crippen LogP contribution in [0.3, 0.4) is 0 Å². The first kappa shape index (κ1) is 17.3. The number of hydrogen-bond donors (Lipinski definition) is 1. The average Bonchev–Trinajstić information content (AvgIpc) is 2.74. The van der Waals surface area contributed by atoms with Crippen LogP contribution in [0.25, 0.3) is 0 Å². The second-order valence-electron chi connectivity index (χ2n) is 6.32. The molecule has 2 bridgehead atoms. The van der Waals surface area contributed by atoms with E-state index in [1.165, 1.54) is 12.8 Å². The van der Waals surface area contributed by atoms with E-state index < -0.39 is 0 Å². The van der Waals surface area contributed by atoms with Gasteiger partial charge in [-0.15, -0.1) is 12.4 Å². The molecule has 2 fully saturated rings. The monoisotopic (exact) mass is 323 g/mol. The molecule has 1 aromatic rings. The molecule has 1 aromatic carbocycles. The van der Waals surface area contributed by atoms with E-state index in [9.17, 15) is 4.79 Å². The fourth-order valence-electron chi connectivity index (χ4n) is 3.79. The number of nitrogens with two attached hydrogens (primary N) is 1. The minimum absolute atomic E-state index is 0. The number of likely N-dealkylation sites (N-methyl/N-ethyl adjacent to an activating group) is 1. The molecular formula is C17H26ClN3O. The van der Waals surface area contributed by atoms with Crippen molar-refractivity contribution >= 4 is 18.3 Å². The maximum absolute atomic E-state index is 12.9. The zero-order valence-corrected chi connectivity index (χ0v) is 14.0. The molecule has 2 aliphatic rings. The Morgan fingerprint density at radius 3 is 2.59 bits per heavy atom. The summed E-state index contributed by atoms with van der Waals surface area (Å²) in [6.45, 7) is 2.10. The minimum atomic E-state index is -0.201. The summed E-state index contributed by atoms with van der Waals surface area (Å²) < 4.78 is 0. The second-order valence-corrected chi connectivity index (χ2v) is 6.32. The van der Waals surface area contributed by atoms with Crippen molar-refractivity contribution in [1.82, 2.24) is 9.80 Å². The van der Waals surface area contributed by atoms with Crippen LogP contribution in [-0.4, -0.2) is 54.5 Å². The van der Waals surface area contributed by atoms with Crippen molar-refractivity contribution < 1.29 is 4.79 Å². The van der Waals surface area contributed by atoms with Crippen LogP contribution in [-0.2, 0) is 4.79 Å². The minimum Gasteiger partial charge on any atom is -0.340 e. The van der Waals surface area contributed by atoms with E-state index in [1.807, 2.05) is 35.2 Å². The van der Waals surface area contributed by atoms with Crippen LogP contribution < -0.4 is 5.73 Å². The Hall–Kier alpha value is -1.10. The van der Waals surface area contributed by atoms with Gasteiger partial charge in [-0.1, -0.05) is 30.3 Å². The van der Waals surface area contributed by atoms with Crippen LogP contribution in [0.5, 0.6) is 0 Å². The molecule has 2 heterocycles. The topological polar surface area (TPSA) is 49.6 Å². The maximum Gasteiger partial charge on any atom is 0.231 e. The normalized spacial score (nSPS) is 26.2. The molecule has 0 saturated carbocycles. The number of rotatable bonds is 3. The van der Waals surface area contributed by atoms with Gasteiger partial charge in [0, 0.05) is 31.7 Å². The number of fused-ring (bicyclic) bond motifs is 2. The van der Waals surface area contributed by atoms with Gasteiger partial charge in [0.1, 0.15) is 0 Å². The highest BCUT2D eigenvalue weighted by molar-refractivity contribution is 5.85. The first-order valence-corrected chi connectivity index (χ1v) is 7.96. The van der Waals surface area contributed by atoms with E-state index in [4.69, 9.17) is 5.73 Å². The van der Waals surface area contributed by atoms with Crippen LogP contribution in [0.4, 0.5) is 0 Å². The fraction of sp³-hybridized carbons (Fsp3) is 0.588. The Labute approximate surface area is 139 Å². The summed E-state index contributed by atoms with van der Waals surface area (Å²) in [6.07, 6.45) is 3.58. The van der Waals surface area contributed by atoms with Gasteiger partial charge in [0.15, 0.2) is 0 Å². The summed E-state index contributed by atoms with van der Waals surface area (Å²) in [4.78, 5) is 17.4. The van der Waals surface area contributed by atoms with Crippen molar-refractivity contribution in [2.75, 3.05) is 26.7 Å². The third kappa shape index (κ3) is 3.29. The van der Waals surface area contributed by atoms with Crippen molar-refractivity contribution in [3.05, 3.63) is 35.9 Å². The number of carbonyl (C=O) groups excluding carboxylic acids is 1. The van der Waals surface area contributed by atoms with Crippen LogP contribution in [0.2, 0.25) is 0 Å². The summed E-state index contributed by atoms with van der Waals surface area (Å²) in [5, 5.41) is 0. The quantitative estimate of drug-likeness (QED) is 0.923. The second kappa shape index (κ2) is 7.44. The van der Waals surface area contributed by atoms with Gasteiger partial charge in [-0.3, -0.25) is 9.69 Å². The lowest BCUT2D eigenvalue weighted by Gasteiger charge is -2.29. The van der Waals surface area contributed by atoms with E-state index in [1.54, 1.807) is 0 Å². The number of carbonyl (C=O) groups is 1. The molecule has 0 aromatic heterocycles. The number of nitrogens with zero attached hydrogens (tertiary/aromatic N) is 2. The van der Waals surface area contributed by atoms with Crippen LogP contribution in [0, 0.1) is 0 Å². The summed E-state index contributed by atoms with van der Waals surface area (Å²) in [6, 6.07) is 11.1. The standard InChI is InChI=1S/C17H25N3O.ClH/c1-19-14-7-8-15(19)12-20(10-9-14)17(21)16(11-18)13-5-3-2-4-6-13;/h2-6,14-16H,7-12,18H2,1H3;1H. The molecule has 122 valence electrons. The SMILES string of the molecule is CN1C2CCC1CN(C(=O)C(CN)c1ccccc1)CC2.Cl. The van der Waals surface area contributed by atoms with Crippen LogP contribution >= 0.6 is 12.4 Å². The Balaban J connectivity index is 0.00000176. The van der Waals surface area contributed by atoms with E-state index in [0.29, 0.717) is 18.6 Å². The van der Waals surface area contributed by atoms with Gasteiger partial charge in [0.25, 0.3) is 0 Å². The van der Waals surface area contributed by atoms with E-state index in [2.05, 4.69) is 11.9 Å². The highest BCUT2D eigenvalue weighted by Crippen LogP contribution is 2.29. The van der Waals surface area contributed by atoms with Crippen molar-refractivity contribution in [3.63, 3.8) is 0 Å². The molecule has 22 heavy (non-hydrogen) atoms. The summed E-state index contributed by atoms with van der Waals surface area (Å²) in [5.74, 6) is -0.00205. The molecular weight excluding hydrogens is 298 g/mol. The molecule has 0 aliphatic carbocycles. The predicted molar refractivity (Wildman–Crippen MR) is 91.3 cm³/mol. The predicted octanol–water partition coefficient (Wildman–Crippen LogP) is 1.85. The Morgan fingerprint density at radius 1 is 1.23 bits per heavy atom. The largest absolute Gasteiger partial charge is 0.340 e. The lowest BCUT2D eigenvalue weighted by molar-refractivity contribution is -0.133. The molecule has 2 N–H and O–H groups in total. The van der Waals surface area contributed by atoms with E-state index in [-0.39, 0.29) is 24.2 Å². The van der Waals surface area contributed by atoms with Gasteiger partial charge in [-0.2, -0.15) is 0 Å². The van der Waals surface area contributed by atoms with Gasteiger partial charge in [0.05, 0.1) is 5.92 Å². The molecule has 3 atom stereocenters. The lowest BCUT2D eigenvalue weighted by atomic mass is 9.97. The molecule has 0 radical (unpaired) electrons. The van der Waals surface area contributed by atoms with Crippen molar-refractivity contribution in [3.8, 4) is 0 Å². The van der Waals surface area contributed by atoms with Gasteiger partial charge >= 0.3 is 0 Å². The third-order valence-electron chi connectivity index (χ3n) is 5.20. The number of benzene rings is 1. The Bertz CT molecular complexity index is 496. The number of hydrogen-bond acceptors (Lipinski definition) is 3. The molecule has 5 heteroatoms. The van der Waals surface area contributed by atoms with Crippen molar-refractivity contribution in [2.45, 2.75) is 37.3 Å². The van der Waals surface area contributed by atoms with Gasteiger partial charge in [-0.25, -0.2) is 0 Å². The lowest BCUT2D eigenvalue weighted by Crippen LogP contribution is -2.43. The molecule has 3 rings (SSSR count). The smallest absolute Gasteiger partial charge is 0.231 e. The van der Waals surface area contributed by atoms with E-state index >= 15 is 0 Å². The molecule has 2 aliphatic heterocycles. The van der Waals surface area contributed by atoms with Gasteiger partial charge in [0.2, 0.25) is 5.91 Å². The van der Waals surface area contributed by atoms with Crippen molar-refractivity contribution in [2.24, 2.45) is 5.73 Å². The van der Waals surface area contributed by atoms with Crippen molar-refractivity contribution in [1.29, 1.82) is 0 Å². The summed E-state index contributed by atoms with van der Waals surface area (Å²) in [7, 11) is 2.20. The van der Waals surface area contributed by atoms with E-state index in [0.717, 1.165) is 25.1 Å².